The highest BCUT2D eigenvalue weighted by atomic mass is 79.9. The van der Waals surface area contributed by atoms with Gasteiger partial charge in [0.2, 0.25) is 0 Å². The predicted molar refractivity (Wildman–Crippen MR) is 122 cm³/mol. The van der Waals surface area contributed by atoms with Crippen molar-refractivity contribution in [3.05, 3.63) is 79.8 Å². The van der Waals surface area contributed by atoms with E-state index >= 15 is 0 Å². The van der Waals surface area contributed by atoms with Crippen LogP contribution in [0.2, 0.25) is 0 Å². The zero-order valence-electron chi connectivity index (χ0n) is 17.4. The number of H-pyrrole nitrogens is 1. The van der Waals surface area contributed by atoms with Gasteiger partial charge in [0, 0.05) is 10.0 Å². The molecule has 0 amide bonds. The average molecular weight is 470 g/mol. The van der Waals surface area contributed by atoms with Crippen LogP contribution in [0.15, 0.2) is 56.8 Å². The second-order valence-electron chi connectivity index (χ2n) is 7.86. The van der Waals surface area contributed by atoms with Gasteiger partial charge in [0.05, 0.1) is 6.21 Å². The topological polar surface area (TPSA) is 92.3 Å². The van der Waals surface area contributed by atoms with Gasteiger partial charge in [0.15, 0.2) is 5.82 Å². The first-order valence-electron chi connectivity index (χ1n) is 9.46. The van der Waals surface area contributed by atoms with E-state index in [2.05, 4.69) is 86.7 Å². The van der Waals surface area contributed by atoms with Crippen molar-refractivity contribution in [2.75, 3.05) is 5.43 Å². The van der Waals surface area contributed by atoms with Gasteiger partial charge < -0.3 is 4.74 Å². The first kappa shape index (κ1) is 21.7. The summed E-state index contributed by atoms with van der Waals surface area (Å²) in [6.07, 6.45) is 1.62. The number of hydrogen-bond acceptors (Lipinski definition) is 6. The van der Waals surface area contributed by atoms with E-state index in [9.17, 15) is 4.79 Å². The number of anilines is 1. The predicted octanol–water partition coefficient (Wildman–Crippen LogP) is 4.56. The molecule has 30 heavy (non-hydrogen) atoms. The average Bonchev–Trinajstić information content (AvgIpc) is 2.69. The Labute approximate surface area is 183 Å². The number of benzene rings is 2. The molecule has 0 radical (unpaired) electrons. The Balaban J connectivity index is 1.72. The van der Waals surface area contributed by atoms with Crippen molar-refractivity contribution in [1.82, 2.24) is 15.2 Å². The molecule has 0 aliphatic rings. The van der Waals surface area contributed by atoms with Crippen molar-refractivity contribution in [2.45, 2.75) is 39.7 Å². The number of nitrogens with zero attached hydrogens (tertiary/aromatic N) is 3. The molecule has 0 saturated carbocycles. The molecule has 3 aromatic rings. The Morgan fingerprint density at radius 3 is 2.63 bits per heavy atom. The normalized spacial score (nSPS) is 11.6. The lowest BCUT2D eigenvalue weighted by molar-refractivity contribution is 0.305. The largest absolute Gasteiger partial charge is 0.488 e. The lowest BCUT2D eigenvalue weighted by Crippen LogP contribution is -2.15. The Hall–Kier alpha value is -3.00. The second-order valence-corrected chi connectivity index (χ2v) is 8.78. The molecule has 1 heterocycles. The zero-order valence-corrected chi connectivity index (χ0v) is 18.9. The molecule has 0 saturated heterocycles. The van der Waals surface area contributed by atoms with Crippen molar-refractivity contribution in [1.29, 1.82) is 0 Å². The number of halogens is 1. The van der Waals surface area contributed by atoms with E-state index in [0.717, 1.165) is 15.6 Å². The van der Waals surface area contributed by atoms with E-state index in [0.29, 0.717) is 23.9 Å². The number of aromatic nitrogens is 3. The summed E-state index contributed by atoms with van der Waals surface area (Å²) in [6.45, 7) is 8.74. The number of aryl methyl sites for hydroxylation is 1. The van der Waals surface area contributed by atoms with E-state index < -0.39 is 5.69 Å². The van der Waals surface area contributed by atoms with Crippen LogP contribution in [-0.4, -0.2) is 21.4 Å². The lowest BCUT2D eigenvalue weighted by atomic mass is 9.87. The summed E-state index contributed by atoms with van der Waals surface area (Å²) < 4.78 is 6.93. The summed E-state index contributed by atoms with van der Waals surface area (Å²) in [7, 11) is 0. The summed E-state index contributed by atoms with van der Waals surface area (Å²) in [5, 5.41) is 10.3. The van der Waals surface area contributed by atoms with Gasteiger partial charge in [0.1, 0.15) is 18.1 Å². The van der Waals surface area contributed by atoms with Crippen LogP contribution in [0.5, 0.6) is 5.75 Å². The molecule has 8 heteroatoms. The highest BCUT2D eigenvalue weighted by Gasteiger charge is 2.13. The first-order valence-corrected chi connectivity index (χ1v) is 10.3. The molecule has 0 bridgehead atoms. The summed E-state index contributed by atoms with van der Waals surface area (Å²) >= 11 is 3.47. The molecule has 0 aliphatic heterocycles. The quantitative estimate of drug-likeness (QED) is 0.407. The maximum Gasteiger partial charge on any atom is 0.363 e. The zero-order chi connectivity index (χ0) is 21.7. The molecule has 0 spiro atoms. The SMILES string of the molecule is Cc1n[nH]c(=O)nc1NN=Cc1cc(Br)ccc1OCc1ccc(C(C)(C)C)cc1. The minimum Gasteiger partial charge on any atom is -0.488 e. The van der Waals surface area contributed by atoms with Crippen LogP contribution in [-0.2, 0) is 12.0 Å². The van der Waals surface area contributed by atoms with Crippen LogP contribution in [0.4, 0.5) is 5.82 Å². The molecule has 156 valence electrons. The third-order valence-electron chi connectivity index (χ3n) is 4.44. The Kier molecular flexibility index (Phi) is 6.66. The third-order valence-corrected chi connectivity index (χ3v) is 4.93. The van der Waals surface area contributed by atoms with Crippen LogP contribution in [0, 0.1) is 6.92 Å². The molecule has 0 unspecified atom stereocenters. The van der Waals surface area contributed by atoms with E-state index in [1.807, 2.05) is 18.2 Å². The fourth-order valence-corrected chi connectivity index (χ4v) is 3.05. The van der Waals surface area contributed by atoms with E-state index in [4.69, 9.17) is 4.74 Å². The standard InChI is InChI=1S/C22H24BrN5O2/c1-14-20(25-21(29)28-26-14)27-24-12-16-11-18(23)9-10-19(16)30-13-15-5-7-17(8-6-15)22(2,3)4/h5-12H,13H2,1-4H3,(H2,25,27,28,29). The lowest BCUT2D eigenvalue weighted by Gasteiger charge is -2.19. The number of nitrogens with one attached hydrogen (secondary N) is 2. The summed E-state index contributed by atoms with van der Waals surface area (Å²) in [5.74, 6) is 0.990. The van der Waals surface area contributed by atoms with Gasteiger partial charge in [-0.3, -0.25) is 5.43 Å². The maximum atomic E-state index is 11.3. The Bertz CT molecular complexity index is 1100. The van der Waals surface area contributed by atoms with E-state index in [1.54, 1.807) is 13.1 Å². The van der Waals surface area contributed by atoms with Crippen LogP contribution in [0.3, 0.4) is 0 Å². The van der Waals surface area contributed by atoms with Crippen LogP contribution < -0.4 is 15.9 Å². The van der Waals surface area contributed by atoms with Crippen LogP contribution in [0.25, 0.3) is 0 Å². The molecule has 7 nitrogen and oxygen atoms in total. The molecule has 1 aromatic heterocycles. The summed E-state index contributed by atoms with van der Waals surface area (Å²) in [5.41, 5.74) is 6.01. The van der Waals surface area contributed by atoms with Crippen LogP contribution in [0.1, 0.15) is 43.2 Å². The number of hydrogen-bond donors (Lipinski definition) is 2. The van der Waals surface area contributed by atoms with Gasteiger partial charge in [-0.05, 0) is 41.7 Å². The molecule has 0 aliphatic carbocycles. The minimum atomic E-state index is -0.540. The summed E-state index contributed by atoms with van der Waals surface area (Å²) in [4.78, 5) is 15.1. The van der Waals surface area contributed by atoms with Crippen LogP contribution >= 0.6 is 15.9 Å². The number of hydrazone groups is 1. The second kappa shape index (κ2) is 9.21. The molecule has 0 atom stereocenters. The van der Waals surface area contributed by atoms with Gasteiger partial charge in [-0.25, -0.2) is 9.89 Å². The number of rotatable bonds is 6. The smallest absolute Gasteiger partial charge is 0.363 e. The fraction of sp³-hybridized carbons (Fsp3) is 0.273. The molecule has 3 rings (SSSR count). The molecule has 2 aromatic carbocycles. The molecular formula is C22H24BrN5O2. The summed E-state index contributed by atoms with van der Waals surface area (Å²) in [6, 6.07) is 14.1. The van der Waals surface area contributed by atoms with Crippen molar-refractivity contribution in [2.24, 2.45) is 5.10 Å². The maximum absolute atomic E-state index is 11.3. The van der Waals surface area contributed by atoms with Gasteiger partial charge in [0.25, 0.3) is 0 Å². The molecule has 0 fully saturated rings. The first-order chi connectivity index (χ1) is 14.2. The van der Waals surface area contributed by atoms with Crippen molar-refractivity contribution in [3.8, 4) is 5.75 Å². The minimum absolute atomic E-state index is 0.119. The third kappa shape index (κ3) is 5.76. The molecule has 2 N–H and O–H groups in total. The Morgan fingerprint density at radius 2 is 1.93 bits per heavy atom. The Morgan fingerprint density at radius 1 is 1.20 bits per heavy atom. The fourth-order valence-electron chi connectivity index (χ4n) is 2.67. The molecular weight excluding hydrogens is 446 g/mol. The van der Waals surface area contributed by atoms with Gasteiger partial charge in [-0.15, -0.1) is 0 Å². The van der Waals surface area contributed by atoms with E-state index in [1.165, 1.54) is 5.56 Å². The van der Waals surface area contributed by atoms with Gasteiger partial charge in [-0.2, -0.15) is 15.2 Å². The van der Waals surface area contributed by atoms with Crippen molar-refractivity contribution in [3.63, 3.8) is 0 Å². The van der Waals surface area contributed by atoms with Crippen molar-refractivity contribution >= 4 is 28.0 Å². The number of ether oxygens (including phenoxy) is 1. The number of aromatic amines is 1. The van der Waals surface area contributed by atoms with Crippen molar-refractivity contribution < 1.29 is 4.74 Å². The van der Waals surface area contributed by atoms with E-state index in [-0.39, 0.29) is 5.41 Å². The highest BCUT2D eigenvalue weighted by molar-refractivity contribution is 9.10. The van der Waals surface area contributed by atoms with Gasteiger partial charge in [-0.1, -0.05) is 61.0 Å². The highest BCUT2D eigenvalue weighted by Crippen LogP contribution is 2.25. The monoisotopic (exact) mass is 469 g/mol. The van der Waals surface area contributed by atoms with Gasteiger partial charge >= 0.3 is 5.69 Å².